The molecule has 0 aromatic carbocycles. The first kappa shape index (κ1) is 15.9. The van der Waals surface area contributed by atoms with Crippen LogP contribution in [-0.2, 0) is 9.59 Å². The van der Waals surface area contributed by atoms with E-state index in [9.17, 15) is 9.59 Å². The van der Waals surface area contributed by atoms with Crippen LogP contribution in [0.25, 0.3) is 0 Å². The molecule has 5 heteroatoms. The van der Waals surface area contributed by atoms with Crippen molar-refractivity contribution in [2.45, 2.75) is 52.1 Å². The van der Waals surface area contributed by atoms with Crippen LogP contribution in [-0.4, -0.2) is 42.4 Å². The Bertz CT molecular complexity index is 256. The van der Waals surface area contributed by atoms with E-state index in [0.29, 0.717) is 6.54 Å². The number of likely N-dealkylation sites (N-methyl/N-ethyl adjacent to an activating group) is 1. The molecule has 0 saturated heterocycles. The molecule has 0 aromatic rings. The van der Waals surface area contributed by atoms with Crippen molar-refractivity contribution in [3.63, 3.8) is 0 Å². The molecule has 5 nitrogen and oxygen atoms in total. The molecule has 0 aliphatic carbocycles. The number of carbonyl (C=O) groups is 2. The molecule has 0 fully saturated rings. The number of nitrogens with zero attached hydrogens (tertiary/aromatic N) is 1. The van der Waals surface area contributed by atoms with Crippen LogP contribution < -0.4 is 11.1 Å². The lowest BCUT2D eigenvalue weighted by molar-refractivity contribution is -0.134. The summed E-state index contributed by atoms with van der Waals surface area (Å²) in [6.45, 7) is 6.25. The minimum absolute atomic E-state index is 0.0788. The lowest BCUT2D eigenvalue weighted by atomic mass is 10.1. The van der Waals surface area contributed by atoms with Crippen LogP contribution in [0.3, 0.4) is 0 Å². The van der Waals surface area contributed by atoms with Crippen LogP contribution in [0.1, 0.15) is 40.0 Å². The Labute approximate surface area is 104 Å². The van der Waals surface area contributed by atoms with Crippen LogP contribution in [0.5, 0.6) is 0 Å². The van der Waals surface area contributed by atoms with Crippen molar-refractivity contribution in [3.05, 3.63) is 0 Å². The van der Waals surface area contributed by atoms with Gasteiger partial charge < -0.3 is 16.0 Å². The van der Waals surface area contributed by atoms with Gasteiger partial charge in [-0.25, -0.2) is 0 Å². The zero-order chi connectivity index (χ0) is 13.4. The van der Waals surface area contributed by atoms with Crippen molar-refractivity contribution < 1.29 is 9.59 Å². The molecule has 100 valence electrons. The molecule has 0 aliphatic rings. The molecule has 0 rings (SSSR count). The monoisotopic (exact) mass is 243 g/mol. The minimum Gasteiger partial charge on any atom is -0.345 e. The summed E-state index contributed by atoms with van der Waals surface area (Å²) >= 11 is 0. The number of hydrogen-bond acceptors (Lipinski definition) is 3. The number of nitrogens with two attached hydrogens (primary N) is 1. The van der Waals surface area contributed by atoms with E-state index in [0.717, 1.165) is 12.8 Å². The van der Waals surface area contributed by atoms with E-state index in [2.05, 4.69) is 5.32 Å². The van der Waals surface area contributed by atoms with Crippen LogP contribution in [0.15, 0.2) is 0 Å². The first-order chi connectivity index (χ1) is 7.92. The van der Waals surface area contributed by atoms with Gasteiger partial charge in [-0.05, 0) is 20.3 Å². The highest BCUT2D eigenvalue weighted by Gasteiger charge is 2.19. The fourth-order valence-electron chi connectivity index (χ4n) is 1.56. The van der Waals surface area contributed by atoms with Gasteiger partial charge in [-0.3, -0.25) is 9.59 Å². The van der Waals surface area contributed by atoms with E-state index >= 15 is 0 Å². The molecule has 2 unspecified atom stereocenters. The first-order valence-corrected chi connectivity index (χ1v) is 6.22. The van der Waals surface area contributed by atoms with Crippen LogP contribution in [0.4, 0.5) is 0 Å². The smallest absolute Gasteiger partial charge is 0.244 e. The maximum Gasteiger partial charge on any atom is 0.244 e. The molecule has 2 amide bonds. The number of nitrogens with one attached hydrogen (secondary N) is 1. The molecule has 0 saturated carbocycles. The Morgan fingerprint density at radius 3 is 2.41 bits per heavy atom. The number of carbonyl (C=O) groups excluding carboxylic acids is 2. The van der Waals surface area contributed by atoms with Gasteiger partial charge in [0.2, 0.25) is 11.8 Å². The largest absolute Gasteiger partial charge is 0.345 e. The third-order valence-electron chi connectivity index (χ3n) is 2.71. The Hall–Kier alpha value is -1.10. The normalized spacial score (nSPS) is 13.9. The van der Waals surface area contributed by atoms with Crippen molar-refractivity contribution in [3.8, 4) is 0 Å². The van der Waals surface area contributed by atoms with Gasteiger partial charge in [0.15, 0.2) is 0 Å². The zero-order valence-electron chi connectivity index (χ0n) is 11.3. The highest BCUT2D eigenvalue weighted by molar-refractivity contribution is 5.87. The standard InChI is InChI=1S/C12H25N3O2/c1-5-7-10(13)8-11(16)14-9(3)12(17)15(4)6-2/h9-10H,5-8,13H2,1-4H3,(H,14,16). The second kappa shape index (κ2) is 8.06. The van der Waals surface area contributed by atoms with E-state index in [1.165, 1.54) is 0 Å². The highest BCUT2D eigenvalue weighted by Crippen LogP contribution is 1.99. The topological polar surface area (TPSA) is 75.4 Å². The molecule has 0 aliphatic heterocycles. The molecule has 17 heavy (non-hydrogen) atoms. The Morgan fingerprint density at radius 2 is 1.94 bits per heavy atom. The summed E-state index contributed by atoms with van der Waals surface area (Å²) in [7, 11) is 1.72. The second-order valence-corrected chi connectivity index (χ2v) is 4.39. The van der Waals surface area contributed by atoms with Crippen LogP contribution in [0.2, 0.25) is 0 Å². The Kier molecular flexibility index (Phi) is 7.54. The maximum absolute atomic E-state index is 11.7. The Balaban J connectivity index is 4.07. The van der Waals surface area contributed by atoms with Gasteiger partial charge in [0, 0.05) is 26.1 Å². The molecular formula is C12H25N3O2. The quantitative estimate of drug-likeness (QED) is 0.683. The summed E-state index contributed by atoms with van der Waals surface area (Å²) < 4.78 is 0. The SMILES string of the molecule is CCCC(N)CC(=O)NC(C)C(=O)N(C)CC. The molecule has 3 N–H and O–H groups in total. The van der Waals surface area contributed by atoms with Gasteiger partial charge in [0.05, 0.1) is 0 Å². The van der Waals surface area contributed by atoms with Gasteiger partial charge in [-0.1, -0.05) is 13.3 Å². The third-order valence-corrected chi connectivity index (χ3v) is 2.71. The van der Waals surface area contributed by atoms with Gasteiger partial charge in [0.1, 0.15) is 6.04 Å². The predicted octanol–water partition coefficient (Wildman–Crippen LogP) is 0.487. The summed E-state index contributed by atoms with van der Waals surface area (Å²) in [4.78, 5) is 24.9. The predicted molar refractivity (Wildman–Crippen MR) is 68.4 cm³/mol. The van der Waals surface area contributed by atoms with E-state index in [-0.39, 0.29) is 24.3 Å². The molecule has 2 atom stereocenters. The maximum atomic E-state index is 11.7. The van der Waals surface area contributed by atoms with Gasteiger partial charge in [-0.2, -0.15) is 0 Å². The van der Waals surface area contributed by atoms with E-state index < -0.39 is 6.04 Å². The lowest BCUT2D eigenvalue weighted by Crippen LogP contribution is -2.46. The average Bonchev–Trinajstić information content (AvgIpc) is 2.26. The molecule has 0 radical (unpaired) electrons. The summed E-state index contributed by atoms with van der Waals surface area (Å²) in [6, 6.07) is -0.604. The van der Waals surface area contributed by atoms with E-state index in [4.69, 9.17) is 5.73 Å². The fourth-order valence-corrected chi connectivity index (χ4v) is 1.56. The van der Waals surface area contributed by atoms with E-state index in [1.807, 2.05) is 13.8 Å². The van der Waals surface area contributed by atoms with Crippen molar-refractivity contribution in [1.29, 1.82) is 0 Å². The van der Waals surface area contributed by atoms with Crippen LogP contribution >= 0.6 is 0 Å². The fraction of sp³-hybridized carbons (Fsp3) is 0.833. The summed E-state index contributed by atoms with van der Waals surface area (Å²) in [5, 5.41) is 2.67. The first-order valence-electron chi connectivity index (χ1n) is 6.22. The average molecular weight is 243 g/mol. The van der Waals surface area contributed by atoms with Gasteiger partial charge in [0.25, 0.3) is 0 Å². The molecule has 0 bridgehead atoms. The number of rotatable bonds is 7. The minimum atomic E-state index is -0.485. The zero-order valence-corrected chi connectivity index (χ0v) is 11.3. The van der Waals surface area contributed by atoms with Crippen molar-refractivity contribution in [1.82, 2.24) is 10.2 Å². The third kappa shape index (κ3) is 6.26. The summed E-state index contributed by atoms with van der Waals surface area (Å²) in [5.41, 5.74) is 5.77. The van der Waals surface area contributed by atoms with Gasteiger partial charge in [-0.15, -0.1) is 0 Å². The number of amides is 2. The van der Waals surface area contributed by atoms with Crippen molar-refractivity contribution >= 4 is 11.8 Å². The van der Waals surface area contributed by atoms with Gasteiger partial charge >= 0.3 is 0 Å². The lowest BCUT2D eigenvalue weighted by Gasteiger charge is -2.21. The van der Waals surface area contributed by atoms with E-state index in [1.54, 1.807) is 18.9 Å². The highest BCUT2D eigenvalue weighted by atomic mass is 16.2. The summed E-state index contributed by atoms with van der Waals surface area (Å²) in [6.07, 6.45) is 2.06. The Morgan fingerprint density at radius 1 is 1.35 bits per heavy atom. The summed E-state index contributed by atoms with van der Waals surface area (Å²) in [5.74, 6) is -0.235. The van der Waals surface area contributed by atoms with Crippen LogP contribution in [0, 0.1) is 0 Å². The van der Waals surface area contributed by atoms with Crippen molar-refractivity contribution in [2.24, 2.45) is 5.73 Å². The molecular weight excluding hydrogens is 218 g/mol. The second-order valence-electron chi connectivity index (χ2n) is 4.39. The molecule has 0 aromatic heterocycles. The van der Waals surface area contributed by atoms with Crippen molar-refractivity contribution in [2.75, 3.05) is 13.6 Å². The number of hydrogen-bond donors (Lipinski definition) is 2. The molecule has 0 spiro atoms. The molecule has 0 heterocycles.